The molecule has 5 nitrogen and oxygen atoms in total. The third-order valence-corrected chi connectivity index (χ3v) is 3.85. The summed E-state index contributed by atoms with van der Waals surface area (Å²) in [5.74, 6) is 1.28. The molecule has 0 radical (unpaired) electrons. The minimum Gasteiger partial charge on any atom is -0.481 e. The molecule has 6 heteroatoms. The van der Waals surface area contributed by atoms with E-state index in [1.165, 1.54) is 0 Å². The molecule has 1 rings (SSSR count). The Hall–Kier alpha value is -0.910. The van der Waals surface area contributed by atoms with E-state index in [-0.39, 0.29) is 24.5 Å². The Morgan fingerprint density at radius 3 is 2.59 bits per heavy atom. The summed E-state index contributed by atoms with van der Waals surface area (Å²) in [6, 6.07) is -0.293. The van der Waals surface area contributed by atoms with E-state index >= 15 is 0 Å². The number of carboxylic acid groups (broad SMARTS) is 1. The summed E-state index contributed by atoms with van der Waals surface area (Å²) in [7, 11) is 0. The summed E-state index contributed by atoms with van der Waals surface area (Å²) in [6.45, 7) is 1.87. The molecule has 0 aromatic heterocycles. The second-order valence-electron chi connectivity index (χ2n) is 4.21. The van der Waals surface area contributed by atoms with Gasteiger partial charge in [-0.1, -0.05) is 6.92 Å². The number of carbonyl (C=O) groups is 2. The summed E-state index contributed by atoms with van der Waals surface area (Å²) >= 11 is 1.90. The number of carboxylic acids is 1. The number of nitrogens with one attached hydrogen (secondary N) is 2. The van der Waals surface area contributed by atoms with Crippen LogP contribution in [0, 0.1) is 0 Å². The van der Waals surface area contributed by atoms with E-state index in [9.17, 15) is 9.59 Å². The fraction of sp³-hybridized carbons (Fsp3) is 0.818. The van der Waals surface area contributed by atoms with E-state index < -0.39 is 5.97 Å². The Kier molecular flexibility index (Phi) is 6.18. The lowest BCUT2D eigenvalue weighted by molar-refractivity contribution is -0.137. The van der Waals surface area contributed by atoms with Crippen molar-refractivity contribution >= 4 is 23.8 Å². The van der Waals surface area contributed by atoms with Gasteiger partial charge in [-0.25, -0.2) is 4.79 Å². The van der Waals surface area contributed by atoms with Crippen molar-refractivity contribution in [2.45, 2.75) is 44.7 Å². The van der Waals surface area contributed by atoms with Crippen molar-refractivity contribution in [2.24, 2.45) is 0 Å². The number of aliphatic carboxylic acids is 1. The first-order chi connectivity index (χ1) is 8.11. The third kappa shape index (κ3) is 5.81. The molecule has 0 aromatic carbocycles. The largest absolute Gasteiger partial charge is 0.481 e. The fourth-order valence-electron chi connectivity index (χ4n) is 1.76. The molecule has 1 saturated heterocycles. The lowest BCUT2D eigenvalue weighted by atomic mass is 10.1. The van der Waals surface area contributed by atoms with Crippen LogP contribution in [0.25, 0.3) is 0 Å². The lowest BCUT2D eigenvalue weighted by Gasteiger charge is -2.24. The minimum atomic E-state index is -0.883. The first-order valence-electron chi connectivity index (χ1n) is 5.98. The highest BCUT2D eigenvalue weighted by atomic mass is 32.2. The fourth-order valence-corrected chi connectivity index (χ4v) is 2.87. The first kappa shape index (κ1) is 14.2. The van der Waals surface area contributed by atoms with E-state index in [1.54, 1.807) is 0 Å². The maximum absolute atomic E-state index is 11.6. The Balaban J connectivity index is 2.28. The van der Waals surface area contributed by atoms with Crippen molar-refractivity contribution < 1.29 is 14.7 Å². The van der Waals surface area contributed by atoms with Gasteiger partial charge in [-0.05, 0) is 30.8 Å². The zero-order valence-corrected chi connectivity index (χ0v) is 10.9. The molecule has 0 aromatic rings. The van der Waals surface area contributed by atoms with Crippen molar-refractivity contribution in [3.8, 4) is 0 Å². The second-order valence-corrected chi connectivity index (χ2v) is 5.43. The molecular weight excluding hydrogens is 240 g/mol. The lowest BCUT2D eigenvalue weighted by Crippen LogP contribution is -2.47. The molecule has 3 N–H and O–H groups in total. The van der Waals surface area contributed by atoms with Gasteiger partial charge in [0.15, 0.2) is 0 Å². The SMILES string of the molecule is CCC(CC(=O)O)NC(=O)NC1CCSCC1. The van der Waals surface area contributed by atoms with Gasteiger partial charge in [0.2, 0.25) is 0 Å². The van der Waals surface area contributed by atoms with Gasteiger partial charge in [0, 0.05) is 12.1 Å². The van der Waals surface area contributed by atoms with Gasteiger partial charge in [0.05, 0.1) is 6.42 Å². The topological polar surface area (TPSA) is 78.4 Å². The number of carbonyl (C=O) groups excluding carboxylic acids is 1. The van der Waals surface area contributed by atoms with Crippen molar-refractivity contribution in [1.82, 2.24) is 10.6 Å². The minimum absolute atomic E-state index is 0.0234. The highest BCUT2D eigenvalue weighted by molar-refractivity contribution is 7.99. The van der Waals surface area contributed by atoms with Crippen LogP contribution in [0.5, 0.6) is 0 Å². The van der Waals surface area contributed by atoms with Crippen LogP contribution < -0.4 is 10.6 Å². The highest BCUT2D eigenvalue weighted by Gasteiger charge is 2.18. The molecule has 0 saturated carbocycles. The number of urea groups is 1. The zero-order chi connectivity index (χ0) is 12.7. The summed E-state index contributed by atoms with van der Waals surface area (Å²) in [5, 5.41) is 14.3. The van der Waals surface area contributed by atoms with Crippen molar-refractivity contribution in [2.75, 3.05) is 11.5 Å². The predicted octanol–water partition coefficient (Wildman–Crippen LogP) is 1.43. The molecule has 1 aliphatic rings. The highest BCUT2D eigenvalue weighted by Crippen LogP contribution is 2.16. The smallest absolute Gasteiger partial charge is 0.315 e. The monoisotopic (exact) mass is 260 g/mol. The first-order valence-corrected chi connectivity index (χ1v) is 7.13. The normalized spacial score (nSPS) is 18.4. The van der Waals surface area contributed by atoms with Gasteiger partial charge in [0.1, 0.15) is 0 Å². The molecule has 0 spiro atoms. The van der Waals surface area contributed by atoms with Gasteiger partial charge in [0.25, 0.3) is 0 Å². The van der Waals surface area contributed by atoms with Crippen LogP contribution in [0.15, 0.2) is 0 Å². The number of hydrogen-bond acceptors (Lipinski definition) is 3. The Labute approximate surface area is 106 Å². The zero-order valence-electron chi connectivity index (χ0n) is 10.1. The van der Waals surface area contributed by atoms with Gasteiger partial charge >= 0.3 is 12.0 Å². The molecule has 2 amide bonds. The second kappa shape index (κ2) is 7.42. The number of rotatable bonds is 5. The van der Waals surface area contributed by atoms with Crippen molar-refractivity contribution in [3.05, 3.63) is 0 Å². The quantitative estimate of drug-likeness (QED) is 0.699. The maximum atomic E-state index is 11.6. The summed E-state index contributed by atoms with van der Waals surface area (Å²) in [6.07, 6.45) is 2.59. The van der Waals surface area contributed by atoms with Gasteiger partial charge < -0.3 is 15.7 Å². The predicted molar refractivity (Wildman–Crippen MR) is 68.3 cm³/mol. The van der Waals surface area contributed by atoms with E-state index in [0.717, 1.165) is 24.3 Å². The molecule has 17 heavy (non-hydrogen) atoms. The Morgan fingerprint density at radius 2 is 2.06 bits per heavy atom. The van der Waals surface area contributed by atoms with Crippen LogP contribution in [-0.2, 0) is 4.79 Å². The molecule has 0 bridgehead atoms. The van der Waals surface area contributed by atoms with E-state index in [1.807, 2.05) is 18.7 Å². The number of thioether (sulfide) groups is 1. The number of amides is 2. The van der Waals surface area contributed by atoms with Crippen molar-refractivity contribution in [3.63, 3.8) is 0 Å². The van der Waals surface area contributed by atoms with Gasteiger partial charge in [-0.3, -0.25) is 4.79 Å². The van der Waals surface area contributed by atoms with Gasteiger partial charge in [-0.2, -0.15) is 11.8 Å². The molecule has 1 heterocycles. The third-order valence-electron chi connectivity index (χ3n) is 2.81. The van der Waals surface area contributed by atoms with Crippen LogP contribution in [0.4, 0.5) is 4.79 Å². The molecule has 1 atom stereocenters. The van der Waals surface area contributed by atoms with E-state index in [0.29, 0.717) is 6.42 Å². The molecule has 1 fully saturated rings. The maximum Gasteiger partial charge on any atom is 0.315 e. The van der Waals surface area contributed by atoms with Crippen LogP contribution in [-0.4, -0.2) is 40.7 Å². The average Bonchev–Trinajstić information content (AvgIpc) is 2.28. The van der Waals surface area contributed by atoms with Crippen molar-refractivity contribution in [1.29, 1.82) is 0 Å². The standard InChI is InChI=1S/C11H20N2O3S/c1-2-8(7-10(14)15)12-11(16)13-9-3-5-17-6-4-9/h8-9H,2-7H2,1H3,(H,14,15)(H2,12,13,16). The average molecular weight is 260 g/mol. The summed E-state index contributed by atoms with van der Waals surface area (Å²) in [4.78, 5) is 22.2. The molecular formula is C11H20N2O3S. The van der Waals surface area contributed by atoms with Gasteiger partial charge in [-0.15, -0.1) is 0 Å². The summed E-state index contributed by atoms with van der Waals surface area (Å²) < 4.78 is 0. The van der Waals surface area contributed by atoms with E-state index in [4.69, 9.17) is 5.11 Å². The van der Waals surface area contributed by atoms with Crippen LogP contribution in [0.3, 0.4) is 0 Å². The number of hydrogen-bond donors (Lipinski definition) is 3. The Morgan fingerprint density at radius 1 is 1.41 bits per heavy atom. The van der Waals surface area contributed by atoms with Crippen LogP contribution >= 0.6 is 11.8 Å². The molecule has 0 aliphatic carbocycles. The van der Waals surface area contributed by atoms with Crippen LogP contribution in [0.2, 0.25) is 0 Å². The molecule has 98 valence electrons. The molecule has 1 aliphatic heterocycles. The van der Waals surface area contributed by atoms with Crippen LogP contribution in [0.1, 0.15) is 32.6 Å². The van der Waals surface area contributed by atoms with E-state index in [2.05, 4.69) is 10.6 Å². The molecule has 1 unspecified atom stereocenters. The summed E-state index contributed by atoms with van der Waals surface area (Å²) in [5.41, 5.74) is 0. The Bertz CT molecular complexity index is 267.